The topological polar surface area (TPSA) is 102 Å². The van der Waals surface area contributed by atoms with Crippen molar-refractivity contribution in [1.82, 2.24) is 9.97 Å². The summed E-state index contributed by atoms with van der Waals surface area (Å²) in [5.74, 6) is -0.548. The number of amides is 1. The molecule has 8 nitrogen and oxygen atoms in total. The van der Waals surface area contributed by atoms with Gasteiger partial charge in [0.2, 0.25) is 5.95 Å². The second-order valence-electron chi connectivity index (χ2n) is 5.21. The first-order valence-corrected chi connectivity index (χ1v) is 8.17. The number of methoxy groups -OCH3 is 2. The maximum atomic E-state index is 12.3. The lowest BCUT2D eigenvalue weighted by atomic mass is 10.2. The van der Waals surface area contributed by atoms with Crippen LogP contribution >= 0.6 is 11.6 Å². The van der Waals surface area contributed by atoms with Crippen molar-refractivity contribution in [3.8, 4) is 0 Å². The molecule has 1 amide bonds. The highest BCUT2D eigenvalue weighted by Crippen LogP contribution is 2.24. The number of esters is 1. The van der Waals surface area contributed by atoms with Crippen molar-refractivity contribution in [2.24, 2.45) is 0 Å². The van der Waals surface area contributed by atoms with Crippen LogP contribution in [0.4, 0.5) is 11.6 Å². The first kappa shape index (κ1) is 19.6. The zero-order valence-electron chi connectivity index (χ0n) is 14.4. The van der Waals surface area contributed by atoms with E-state index in [-0.39, 0.29) is 11.1 Å². The maximum Gasteiger partial charge on any atom is 0.337 e. The number of carbonyl (C=O) groups is 2. The monoisotopic (exact) mass is 378 g/mol. The van der Waals surface area contributed by atoms with Crippen molar-refractivity contribution in [3.63, 3.8) is 0 Å². The molecule has 0 unspecified atom stereocenters. The molecule has 1 aromatic heterocycles. The average molecular weight is 379 g/mol. The molecule has 2 N–H and O–H groups in total. The Kier molecular flexibility index (Phi) is 7.31. The van der Waals surface area contributed by atoms with E-state index in [1.54, 1.807) is 7.11 Å². The van der Waals surface area contributed by atoms with E-state index in [1.807, 2.05) is 0 Å². The Morgan fingerprint density at radius 1 is 1.15 bits per heavy atom. The normalized spacial score (nSPS) is 10.3. The molecule has 2 aromatic rings. The lowest BCUT2D eigenvalue weighted by Gasteiger charge is -2.09. The number of halogens is 1. The van der Waals surface area contributed by atoms with Crippen molar-refractivity contribution < 1.29 is 19.1 Å². The summed E-state index contributed by atoms with van der Waals surface area (Å²) in [6, 6.07) is 4.46. The van der Waals surface area contributed by atoms with Crippen LogP contribution in [0.5, 0.6) is 0 Å². The summed E-state index contributed by atoms with van der Waals surface area (Å²) in [4.78, 5) is 32.1. The first-order chi connectivity index (χ1) is 12.5. The average Bonchev–Trinajstić information content (AvgIpc) is 2.66. The van der Waals surface area contributed by atoms with Crippen LogP contribution in [0.3, 0.4) is 0 Å². The second-order valence-corrected chi connectivity index (χ2v) is 5.62. The highest BCUT2D eigenvalue weighted by atomic mass is 35.5. The zero-order valence-corrected chi connectivity index (χ0v) is 15.2. The van der Waals surface area contributed by atoms with Gasteiger partial charge in [-0.15, -0.1) is 0 Å². The molecule has 9 heteroatoms. The van der Waals surface area contributed by atoms with Gasteiger partial charge in [-0.1, -0.05) is 11.6 Å². The molecule has 0 saturated carbocycles. The van der Waals surface area contributed by atoms with E-state index in [1.165, 1.54) is 37.7 Å². The number of carbonyl (C=O) groups excluding carboxylic acids is 2. The van der Waals surface area contributed by atoms with Crippen molar-refractivity contribution in [3.05, 3.63) is 46.7 Å². The predicted octanol–water partition coefficient (Wildman–Crippen LogP) is 2.62. The largest absolute Gasteiger partial charge is 0.465 e. The molecule has 0 aliphatic heterocycles. The van der Waals surface area contributed by atoms with E-state index in [4.69, 9.17) is 16.3 Å². The van der Waals surface area contributed by atoms with Gasteiger partial charge in [-0.2, -0.15) is 0 Å². The van der Waals surface area contributed by atoms with Crippen molar-refractivity contribution in [2.75, 3.05) is 38.0 Å². The van der Waals surface area contributed by atoms with Gasteiger partial charge in [0.1, 0.15) is 0 Å². The smallest absolute Gasteiger partial charge is 0.337 e. The summed E-state index contributed by atoms with van der Waals surface area (Å²) in [6.07, 6.45) is 3.62. The van der Waals surface area contributed by atoms with E-state index < -0.39 is 11.9 Å². The number of anilines is 2. The predicted molar refractivity (Wildman–Crippen MR) is 97.8 cm³/mol. The van der Waals surface area contributed by atoms with Crippen LogP contribution in [0.15, 0.2) is 30.6 Å². The minimum atomic E-state index is -0.524. The third-order valence-electron chi connectivity index (χ3n) is 3.36. The molecule has 2 rings (SSSR count). The molecule has 1 aromatic carbocycles. The van der Waals surface area contributed by atoms with Gasteiger partial charge in [0.25, 0.3) is 5.91 Å². The van der Waals surface area contributed by atoms with E-state index in [9.17, 15) is 9.59 Å². The molecule has 138 valence electrons. The Balaban J connectivity index is 2.02. The quantitative estimate of drug-likeness (QED) is 0.537. The second kappa shape index (κ2) is 9.69. The van der Waals surface area contributed by atoms with Gasteiger partial charge in [-0.05, 0) is 24.6 Å². The van der Waals surface area contributed by atoms with E-state index in [0.717, 1.165) is 6.42 Å². The summed E-state index contributed by atoms with van der Waals surface area (Å²) >= 11 is 6.07. The van der Waals surface area contributed by atoms with E-state index >= 15 is 0 Å². The van der Waals surface area contributed by atoms with Gasteiger partial charge in [0.15, 0.2) is 0 Å². The summed E-state index contributed by atoms with van der Waals surface area (Å²) in [7, 11) is 2.91. The van der Waals surface area contributed by atoms with Crippen LogP contribution in [-0.4, -0.2) is 49.2 Å². The molecular formula is C17H19ClN4O4. The first-order valence-electron chi connectivity index (χ1n) is 7.79. The highest BCUT2D eigenvalue weighted by molar-refractivity contribution is 6.34. The molecule has 0 aliphatic carbocycles. The van der Waals surface area contributed by atoms with Crippen molar-refractivity contribution in [2.45, 2.75) is 6.42 Å². The Labute approximate surface area is 155 Å². The summed E-state index contributed by atoms with van der Waals surface area (Å²) < 4.78 is 9.61. The number of hydrogen-bond acceptors (Lipinski definition) is 7. The fraction of sp³-hybridized carbons (Fsp3) is 0.294. The van der Waals surface area contributed by atoms with Gasteiger partial charge in [0, 0.05) is 32.7 Å². The molecule has 0 aliphatic rings. The molecule has 0 saturated heterocycles. The lowest BCUT2D eigenvalue weighted by Crippen LogP contribution is -2.15. The number of nitrogens with one attached hydrogen (secondary N) is 2. The Morgan fingerprint density at radius 2 is 1.88 bits per heavy atom. The third kappa shape index (κ3) is 5.40. The van der Waals surface area contributed by atoms with Gasteiger partial charge < -0.3 is 20.1 Å². The number of benzene rings is 1. The van der Waals surface area contributed by atoms with Crippen LogP contribution in [-0.2, 0) is 9.47 Å². The summed E-state index contributed by atoms with van der Waals surface area (Å²) in [5.41, 5.74) is 0.826. The Hall–Kier alpha value is -2.71. The van der Waals surface area contributed by atoms with Crippen LogP contribution in [0.1, 0.15) is 27.1 Å². The highest BCUT2D eigenvalue weighted by Gasteiger charge is 2.13. The standard InChI is InChI=1S/C17H19ClN4O4/c1-25-7-3-6-19-17-20-9-12(10-21-17)15(23)22-14-8-11(16(24)26-2)4-5-13(14)18/h4-5,8-10H,3,6-7H2,1-2H3,(H,22,23)(H,19,20,21). The number of rotatable bonds is 8. The van der Waals surface area contributed by atoms with Gasteiger partial charge in [-0.3, -0.25) is 4.79 Å². The molecule has 26 heavy (non-hydrogen) atoms. The van der Waals surface area contributed by atoms with E-state index in [0.29, 0.717) is 29.8 Å². The molecule has 1 heterocycles. The lowest BCUT2D eigenvalue weighted by molar-refractivity contribution is 0.0600. The molecule has 0 atom stereocenters. The van der Waals surface area contributed by atoms with Gasteiger partial charge >= 0.3 is 5.97 Å². The third-order valence-corrected chi connectivity index (χ3v) is 3.69. The molecule has 0 fully saturated rings. The SMILES string of the molecule is COCCCNc1ncc(C(=O)Nc2cc(C(=O)OC)ccc2Cl)cn1. The minimum Gasteiger partial charge on any atom is -0.465 e. The van der Waals surface area contributed by atoms with E-state index in [2.05, 4.69) is 25.3 Å². The number of hydrogen-bond donors (Lipinski definition) is 2. The number of nitrogens with zero attached hydrogens (tertiary/aromatic N) is 2. The van der Waals surface area contributed by atoms with Crippen LogP contribution < -0.4 is 10.6 Å². The number of aromatic nitrogens is 2. The van der Waals surface area contributed by atoms with Crippen LogP contribution in [0.2, 0.25) is 5.02 Å². The van der Waals surface area contributed by atoms with Gasteiger partial charge in [0.05, 0.1) is 28.9 Å². The minimum absolute atomic E-state index is 0.256. The van der Waals surface area contributed by atoms with Crippen LogP contribution in [0, 0.1) is 0 Å². The number of ether oxygens (including phenoxy) is 2. The van der Waals surface area contributed by atoms with Gasteiger partial charge in [-0.25, -0.2) is 14.8 Å². The zero-order chi connectivity index (χ0) is 18.9. The summed E-state index contributed by atoms with van der Waals surface area (Å²) in [6.45, 7) is 1.30. The molecule has 0 radical (unpaired) electrons. The maximum absolute atomic E-state index is 12.3. The Bertz CT molecular complexity index is 768. The summed E-state index contributed by atoms with van der Waals surface area (Å²) in [5, 5.41) is 5.95. The van der Waals surface area contributed by atoms with Crippen molar-refractivity contribution in [1.29, 1.82) is 0 Å². The fourth-order valence-corrected chi connectivity index (χ4v) is 2.18. The molecule has 0 bridgehead atoms. The fourth-order valence-electron chi connectivity index (χ4n) is 2.01. The molecule has 0 spiro atoms. The Morgan fingerprint density at radius 3 is 2.54 bits per heavy atom. The molecular weight excluding hydrogens is 360 g/mol. The van der Waals surface area contributed by atoms with Crippen LogP contribution in [0.25, 0.3) is 0 Å². The van der Waals surface area contributed by atoms with Crippen molar-refractivity contribution >= 4 is 35.1 Å².